The van der Waals surface area contributed by atoms with Crippen molar-refractivity contribution in [1.82, 2.24) is 63.3 Å². The summed E-state index contributed by atoms with van der Waals surface area (Å²) in [6.45, 7) is 0. The molecular weight excluding hydrogens is 1680 g/mol. The van der Waals surface area contributed by atoms with Crippen molar-refractivity contribution in [3.05, 3.63) is 0 Å². The molecule has 0 saturated carbocycles. The van der Waals surface area contributed by atoms with Crippen molar-refractivity contribution in [2.45, 2.75) is 247 Å². The number of sulfone groups is 3. The van der Waals surface area contributed by atoms with Gasteiger partial charge in [-0.25, -0.2) is 39.6 Å². The third-order valence-corrected chi connectivity index (χ3v) is 30.5. The number of carboxylic acids is 1. The molecule has 0 spiro atoms. The Hall–Kier alpha value is -5.57. The second-order valence-corrected chi connectivity index (χ2v) is 38.4. The average molecular weight is 1770 g/mol. The summed E-state index contributed by atoms with van der Waals surface area (Å²) < 4.78 is 121. The van der Waals surface area contributed by atoms with Gasteiger partial charge in [-0.05, 0) is 113 Å². The second-order valence-electron chi connectivity index (χ2n) is 27.5. The molecule has 0 aromatic carbocycles. The number of ether oxygens (including phenoxy) is 3. The Bertz CT molecular complexity index is 3720. The molecule has 12 heterocycles. The zero-order valence-corrected chi connectivity index (χ0v) is 71.1. The maximum absolute atomic E-state index is 12.2. The molecule has 12 rings (SSSR count). The summed E-state index contributed by atoms with van der Waals surface area (Å²) in [5, 5.41) is 41.3. The van der Waals surface area contributed by atoms with Crippen LogP contribution >= 0.6 is 72.4 Å². The van der Waals surface area contributed by atoms with Gasteiger partial charge < -0.3 is 87.6 Å². The minimum Gasteiger partial charge on any atom is -0.870 e. The van der Waals surface area contributed by atoms with E-state index < -0.39 is 93.0 Å². The monoisotopic (exact) mass is 1770 g/mol. The molecule has 0 aliphatic carbocycles. The first kappa shape index (κ1) is 97.0. The standard InChI is InChI=1S/C14H19N3O6S2.C11H18N2O4S2.C11H18N2O3S.C11H18N2O2S2.C10H16N2O4S2.C6H4F3NO4.Na.H2O/c18-10-5-6-11(19)17(10)23-12(20)4-2-1-3-9-13-8(7-25(9,21)22)15-14(24)16-13;1-17-9(14)5-3-2-4-8-10-7(6-19(8,15)16)12-11(18)13-10;1-16-9(14)5-3-2-4-8-10-7(6-17-8)12-11(15)13-10;1-15-9(14)5-3-2-4-8-10-7(6-17-8)12-11(16)13-10;13-8(14)4-2-1-3-7-9-6(5-18(7,15)16)11-10(17)12-9;7-6(8,9)5(13)14-10-3(11)1-2-4(10)12;;/h8-9,13H,1-7H2,(H2,15,16,24);7-8,10H,2-6H2,1H3,(H2,12,13,18);7-8,10H,2-6H2,1H3,(H2,12,13,15);7-8,10H,2-6H2,1H3,(H2,12,13,16);6-7,9H,1-5H2,(H,13,14)(H2,11,12,17);1-2H2;;1H2/q;;;;;;+1;/p-1/t8-,9-,13-;3*7-,8-,10-;6-,7-,9-;;;/m00000.../s1. The molecule has 6 amide bonds. The van der Waals surface area contributed by atoms with Crippen LogP contribution in [0, 0.1) is 0 Å². The molecule has 0 radical (unpaired) electrons. The van der Waals surface area contributed by atoms with Crippen LogP contribution in [0.1, 0.15) is 154 Å². The molecule has 12 N–H and O–H groups in total. The summed E-state index contributed by atoms with van der Waals surface area (Å²) in [4.78, 5) is 129. The fourth-order valence-electron chi connectivity index (χ4n) is 14.3. The fraction of sp³-hybridized carbons (Fsp3) is 0.762. The van der Waals surface area contributed by atoms with Gasteiger partial charge in [0.15, 0.2) is 50.0 Å². The molecule has 0 unspecified atom stereocenters. The quantitative estimate of drug-likeness (QED) is 0.00768. The molecule has 36 nitrogen and oxygen atoms in total. The summed E-state index contributed by atoms with van der Waals surface area (Å²) >= 11 is 24.0. The van der Waals surface area contributed by atoms with Gasteiger partial charge in [0, 0.05) is 79.8 Å². The Morgan fingerprint density at radius 1 is 0.429 bits per heavy atom. The first-order chi connectivity index (χ1) is 51.8. The Labute approximate surface area is 697 Å². The van der Waals surface area contributed by atoms with Crippen molar-refractivity contribution in [1.29, 1.82) is 0 Å². The normalized spacial score (nSPS) is 28.8. The molecule has 49 heteroatoms. The number of halogens is 3. The van der Waals surface area contributed by atoms with E-state index in [1.807, 2.05) is 23.5 Å². The number of carboxylic acid groups (broad SMARTS) is 1. The maximum atomic E-state index is 12.2. The molecule has 0 aromatic heterocycles. The van der Waals surface area contributed by atoms with E-state index in [1.54, 1.807) is 0 Å². The van der Waals surface area contributed by atoms with Crippen molar-refractivity contribution in [3.8, 4) is 0 Å². The second kappa shape index (κ2) is 44.7. The number of urea groups is 1. The number of esters is 3. The van der Waals surface area contributed by atoms with Crippen LogP contribution in [0.25, 0.3) is 0 Å². The van der Waals surface area contributed by atoms with Crippen molar-refractivity contribution in [2.75, 3.05) is 50.1 Å². The van der Waals surface area contributed by atoms with E-state index in [0.29, 0.717) is 120 Å². The number of nitrogens with one attached hydrogen (secondary N) is 10. The fourth-order valence-corrected chi connectivity index (χ4v) is 25.3. The minimum atomic E-state index is -5.22. The number of alkyl halides is 3. The van der Waals surface area contributed by atoms with Crippen LogP contribution in [0.2, 0.25) is 0 Å². The summed E-state index contributed by atoms with van der Waals surface area (Å²) in [7, 11) is -5.18. The summed E-state index contributed by atoms with van der Waals surface area (Å²) in [6, 6.07) is 0.536. The van der Waals surface area contributed by atoms with E-state index in [2.05, 4.69) is 72.2 Å². The van der Waals surface area contributed by atoms with E-state index in [0.717, 1.165) is 55.1 Å². The van der Waals surface area contributed by atoms with Gasteiger partial charge in [-0.1, -0.05) is 32.1 Å². The number of fused-ring (bicyclic) bond motifs is 5. The van der Waals surface area contributed by atoms with Gasteiger partial charge in [0.05, 0.1) is 115 Å². The van der Waals surface area contributed by atoms with Crippen LogP contribution in [0.3, 0.4) is 0 Å². The molecule has 0 aromatic rings. The first-order valence-corrected chi connectivity index (χ1v) is 44.6. The van der Waals surface area contributed by atoms with E-state index in [-0.39, 0.29) is 168 Å². The molecule has 0 bridgehead atoms. The Kier molecular flexibility index (Phi) is 38.7. The number of carbonyl (C=O) groups is 11. The SMILES string of the molecule is COC(=O)CCCC[C@@H]1SC[C@@H]2NC(=O)N[C@@H]21.COC(=O)CCCC[C@@H]1SC[C@@H]2NC(=S)N[C@@H]21.COC(=O)CCCC[C@H]1[C@H]2NC(=S)N[C@H]2CS1(=O)=O.O=C(CCCC[C@H]1[C@H]2NC(=S)N[C@H]2CS1(=O)=O)ON1C(=O)CCC1=O.O=C(O)CCCC[C@H]1[C@H]2NC(=S)N[C@H]2CS1(=O)=O.O=C1CCC(=O)N1OC(=O)C(F)(F)F.[Na+].[OH-]. The van der Waals surface area contributed by atoms with Crippen molar-refractivity contribution in [2.24, 2.45) is 0 Å². The summed E-state index contributed by atoms with van der Waals surface area (Å²) in [6.07, 6.45) is 6.74. The molecule has 12 fully saturated rings. The Morgan fingerprint density at radius 2 is 0.723 bits per heavy atom. The van der Waals surface area contributed by atoms with E-state index >= 15 is 0 Å². The number of unbranched alkanes of at least 4 members (excludes halogenated alkanes) is 5. The zero-order chi connectivity index (χ0) is 81.0. The third-order valence-electron chi connectivity index (χ3n) is 19.7. The number of nitrogens with zero attached hydrogens (tertiary/aromatic N) is 2. The number of hydrogen-bond donors (Lipinski definition) is 11. The number of thiocarbonyl (C=S) groups is 4. The average Bonchev–Trinajstić information content (AvgIpc) is 1.63. The summed E-state index contributed by atoms with van der Waals surface area (Å²) in [5.41, 5.74) is 0. The summed E-state index contributed by atoms with van der Waals surface area (Å²) in [5.74, 6) is -5.13. The van der Waals surface area contributed by atoms with Gasteiger partial charge in [0.1, 0.15) is 0 Å². The molecule has 12 saturated heterocycles. The first-order valence-electron chi connectivity index (χ1n) is 35.7. The predicted molar refractivity (Wildman–Crippen MR) is 409 cm³/mol. The minimum absolute atomic E-state index is 0. The van der Waals surface area contributed by atoms with Crippen LogP contribution in [-0.2, 0) is 101 Å². The van der Waals surface area contributed by atoms with Crippen LogP contribution in [0.4, 0.5) is 18.0 Å². The number of hydrogen-bond acceptors (Lipinski definition) is 29. The number of carbonyl (C=O) groups excluding carboxylic acids is 10. The number of amides is 6. The van der Waals surface area contributed by atoms with Gasteiger partial charge in [-0.3, -0.25) is 38.4 Å². The van der Waals surface area contributed by atoms with Crippen LogP contribution in [-0.4, -0.2) is 275 Å². The largest absolute Gasteiger partial charge is 1.00 e. The number of thioether (sulfide) groups is 2. The number of rotatable bonds is 27. The van der Waals surface area contributed by atoms with Crippen LogP contribution < -0.4 is 82.7 Å². The number of methoxy groups -OCH3 is 3. The van der Waals surface area contributed by atoms with Crippen LogP contribution in [0.15, 0.2) is 0 Å². The predicted octanol–water partition coefficient (Wildman–Crippen LogP) is -2.54. The molecule has 15 atom stereocenters. The molecule has 12 aliphatic rings. The number of aliphatic carboxylic acids is 1. The molecule has 626 valence electrons. The number of hydroxylamine groups is 4. The van der Waals surface area contributed by atoms with Gasteiger partial charge in [-0.15, -0.1) is 10.1 Å². The van der Waals surface area contributed by atoms with Crippen LogP contribution in [0.5, 0.6) is 0 Å². The maximum Gasteiger partial charge on any atom is 1.00 e. The molecular formula is C63H94F3N12NaO24S9. The molecule has 112 heavy (non-hydrogen) atoms. The Morgan fingerprint density at radius 3 is 1.06 bits per heavy atom. The zero-order valence-electron chi connectivity index (χ0n) is 61.7. The Balaban J connectivity index is 0.000000242. The van der Waals surface area contributed by atoms with E-state index in [4.69, 9.17) is 58.8 Å². The van der Waals surface area contributed by atoms with Gasteiger partial charge in [-0.2, -0.15) is 36.7 Å². The van der Waals surface area contributed by atoms with Gasteiger partial charge in [0.25, 0.3) is 23.6 Å². The van der Waals surface area contributed by atoms with Crippen molar-refractivity contribution in [3.63, 3.8) is 0 Å². The van der Waals surface area contributed by atoms with Gasteiger partial charge >= 0.3 is 77.6 Å². The van der Waals surface area contributed by atoms with E-state index in [1.165, 1.54) is 21.3 Å². The van der Waals surface area contributed by atoms with E-state index in [9.17, 15) is 91.2 Å². The van der Waals surface area contributed by atoms with Gasteiger partial charge in [0.2, 0.25) is 0 Å². The smallest absolute Gasteiger partial charge is 0.870 e. The topological polar surface area (TPSA) is 513 Å². The van der Waals surface area contributed by atoms with Crippen molar-refractivity contribution < 1.29 is 155 Å². The number of imide groups is 2. The molecule has 12 aliphatic heterocycles. The van der Waals surface area contributed by atoms with Crippen molar-refractivity contribution >= 4 is 188 Å². The third kappa shape index (κ3) is 28.4.